The molecule has 0 amide bonds. The first kappa shape index (κ1) is 19.0. The first-order valence-corrected chi connectivity index (χ1v) is 9.25. The van der Waals surface area contributed by atoms with Gasteiger partial charge >= 0.3 is 0 Å². The van der Waals surface area contributed by atoms with E-state index in [4.69, 9.17) is 16.3 Å². The van der Waals surface area contributed by atoms with E-state index in [-0.39, 0.29) is 0 Å². The maximum atomic E-state index is 6.16. The van der Waals surface area contributed by atoms with Crippen LogP contribution in [0.5, 0.6) is 5.75 Å². The molecule has 0 radical (unpaired) electrons. The van der Waals surface area contributed by atoms with Crippen LogP contribution >= 0.6 is 11.6 Å². The molecule has 2 aromatic carbocycles. The van der Waals surface area contributed by atoms with E-state index >= 15 is 0 Å². The van der Waals surface area contributed by atoms with Crippen molar-refractivity contribution in [3.63, 3.8) is 0 Å². The Balaban J connectivity index is 1.60. The molecule has 3 aromatic rings. The van der Waals surface area contributed by atoms with Crippen LogP contribution in [0.1, 0.15) is 17.5 Å². The molecule has 0 fully saturated rings. The van der Waals surface area contributed by atoms with Crippen molar-refractivity contribution in [1.82, 2.24) is 9.97 Å². The third-order valence-electron chi connectivity index (χ3n) is 4.17. The van der Waals surface area contributed by atoms with Gasteiger partial charge in [0.05, 0.1) is 12.8 Å². The van der Waals surface area contributed by atoms with Crippen molar-refractivity contribution in [1.29, 1.82) is 0 Å². The van der Waals surface area contributed by atoms with Gasteiger partial charge in [-0.1, -0.05) is 41.9 Å². The number of hydrogen-bond acceptors (Lipinski definition) is 5. The topological polar surface area (TPSA) is 59.1 Å². The van der Waals surface area contributed by atoms with Gasteiger partial charge in [0, 0.05) is 23.8 Å². The molecule has 0 spiro atoms. The average Bonchev–Trinajstić information content (AvgIpc) is 2.69. The lowest BCUT2D eigenvalue weighted by Gasteiger charge is -2.13. The Kier molecular flexibility index (Phi) is 6.49. The minimum Gasteiger partial charge on any atom is -0.495 e. The summed E-state index contributed by atoms with van der Waals surface area (Å²) in [7, 11) is 1.61. The van der Waals surface area contributed by atoms with Crippen LogP contribution in [0, 0.1) is 6.92 Å². The number of hydrogen-bond donors (Lipinski definition) is 2. The van der Waals surface area contributed by atoms with Gasteiger partial charge in [0.1, 0.15) is 11.6 Å². The molecule has 1 aromatic heterocycles. The summed E-state index contributed by atoms with van der Waals surface area (Å²) in [5.41, 5.74) is 3.07. The van der Waals surface area contributed by atoms with Crippen LogP contribution in [0.4, 0.5) is 17.5 Å². The molecule has 1 heterocycles. The molecular weight excluding hydrogens is 360 g/mol. The summed E-state index contributed by atoms with van der Waals surface area (Å²) in [4.78, 5) is 8.81. The third kappa shape index (κ3) is 5.34. The van der Waals surface area contributed by atoms with E-state index in [2.05, 4.69) is 44.9 Å². The van der Waals surface area contributed by atoms with Gasteiger partial charge in [-0.05, 0) is 43.0 Å². The normalized spacial score (nSPS) is 10.5. The minimum atomic E-state index is 0.503. The number of aryl methyl sites for hydroxylation is 2. The highest BCUT2D eigenvalue weighted by Gasteiger charge is 2.09. The van der Waals surface area contributed by atoms with Crippen LogP contribution < -0.4 is 15.4 Å². The second-order valence-corrected chi connectivity index (χ2v) is 6.62. The van der Waals surface area contributed by atoms with E-state index in [1.807, 2.05) is 25.1 Å². The number of methoxy groups -OCH3 is 1. The Labute approximate surface area is 164 Å². The van der Waals surface area contributed by atoms with Gasteiger partial charge < -0.3 is 15.4 Å². The summed E-state index contributed by atoms with van der Waals surface area (Å²) in [5.74, 6) is 1.93. The average molecular weight is 383 g/mol. The summed E-state index contributed by atoms with van der Waals surface area (Å²) < 4.78 is 5.39. The van der Waals surface area contributed by atoms with Crippen LogP contribution in [0.2, 0.25) is 5.02 Å². The summed E-state index contributed by atoms with van der Waals surface area (Å²) >= 11 is 6.16. The Hall–Kier alpha value is -2.79. The zero-order valence-electron chi connectivity index (χ0n) is 15.5. The standard InChI is InChI=1S/C21H23ClN4O/c1-15-13-18(19(27-2)14-17(15)22)25-21-24-12-10-20(26-21)23-11-6-9-16-7-4-3-5-8-16/h3-5,7-8,10,12-14H,6,9,11H2,1-2H3,(H2,23,24,25,26). The molecule has 6 heteroatoms. The molecule has 2 N–H and O–H groups in total. The van der Waals surface area contributed by atoms with Crippen LogP contribution in [0.15, 0.2) is 54.7 Å². The zero-order chi connectivity index (χ0) is 19.1. The van der Waals surface area contributed by atoms with Crippen molar-refractivity contribution in [3.05, 3.63) is 70.9 Å². The highest BCUT2D eigenvalue weighted by Crippen LogP contribution is 2.32. The fraction of sp³-hybridized carbons (Fsp3) is 0.238. The van der Waals surface area contributed by atoms with Gasteiger partial charge in [-0.15, -0.1) is 0 Å². The largest absolute Gasteiger partial charge is 0.495 e. The fourth-order valence-electron chi connectivity index (χ4n) is 2.72. The second-order valence-electron chi connectivity index (χ2n) is 6.21. The van der Waals surface area contributed by atoms with Crippen LogP contribution in [0.25, 0.3) is 0 Å². The van der Waals surface area contributed by atoms with E-state index < -0.39 is 0 Å². The summed E-state index contributed by atoms with van der Waals surface area (Å²) in [6, 6.07) is 16.0. The number of aromatic nitrogens is 2. The molecule has 0 atom stereocenters. The van der Waals surface area contributed by atoms with Gasteiger partial charge in [0.2, 0.25) is 5.95 Å². The molecule has 0 aliphatic heterocycles. The Bertz CT molecular complexity index is 887. The van der Waals surface area contributed by atoms with Gasteiger partial charge in [-0.25, -0.2) is 4.98 Å². The predicted octanol–water partition coefficient (Wildman–Crippen LogP) is 5.24. The van der Waals surface area contributed by atoms with Crippen molar-refractivity contribution in [3.8, 4) is 5.75 Å². The molecule has 140 valence electrons. The monoisotopic (exact) mass is 382 g/mol. The number of rotatable bonds is 8. The molecule has 27 heavy (non-hydrogen) atoms. The Morgan fingerprint density at radius 1 is 1.11 bits per heavy atom. The van der Waals surface area contributed by atoms with Crippen molar-refractivity contribution in [2.24, 2.45) is 0 Å². The quantitative estimate of drug-likeness (QED) is 0.522. The highest BCUT2D eigenvalue weighted by atomic mass is 35.5. The minimum absolute atomic E-state index is 0.503. The Morgan fingerprint density at radius 3 is 2.70 bits per heavy atom. The number of halogens is 1. The van der Waals surface area contributed by atoms with Gasteiger partial charge in [0.25, 0.3) is 0 Å². The number of ether oxygens (including phenoxy) is 1. The molecule has 0 aliphatic carbocycles. The molecule has 0 bridgehead atoms. The lowest BCUT2D eigenvalue weighted by molar-refractivity contribution is 0.416. The maximum absolute atomic E-state index is 6.16. The van der Waals surface area contributed by atoms with Crippen molar-refractivity contribution in [2.45, 2.75) is 19.8 Å². The van der Waals surface area contributed by atoms with E-state index in [9.17, 15) is 0 Å². The van der Waals surface area contributed by atoms with Gasteiger partial charge in [-0.2, -0.15) is 4.98 Å². The first-order chi connectivity index (χ1) is 13.2. The van der Waals surface area contributed by atoms with E-state index in [1.54, 1.807) is 19.4 Å². The number of nitrogens with one attached hydrogen (secondary N) is 2. The third-order valence-corrected chi connectivity index (χ3v) is 4.58. The smallest absolute Gasteiger partial charge is 0.229 e. The SMILES string of the molecule is COc1cc(Cl)c(C)cc1Nc1nccc(NCCCc2ccccc2)n1. The summed E-state index contributed by atoms with van der Waals surface area (Å²) in [6.07, 6.45) is 3.79. The maximum Gasteiger partial charge on any atom is 0.229 e. The lowest BCUT2D eigenvalue weighted by atomic mass is 10.1. The van der Waals surface area contributed by atoms with Crippen molar-refractivity contribution >= 4 is 29.1 Å². The van der Waals surface area contributed by atoms with Crippen molar-refractivity contribution in [2.75, 3.05) is 24.3 Å². The molecular formula is C21H23ClN4O. The van der Waals surface area contributed by atoms with Gasteiger partial charge in [-0.3, -0.25) is 0 Å². The second kappa shape index (κ2) is 9.24. The van der Waals surface area contributed by atoms with Crippen LogP contribution in [-0.2, 0) is 6.42 Å². The highest BCUT2D eigenvalue weighted by molar-refractivity contribution is 6.31. The molecule has 0 unspecified atom stereocenters. The van der Waals surface area contributed by atoms with E-state index in [0.29, 0.717) is 16.7 Å². The number of benzene rings is 2. The Morgan fingerprint density at radius 2 is 1.93 bits per heavy atom. The summed E-state index contributed by atoms with van der Waals surface area (Å²) in [6.45, 7) is 2.78. The molecule has 0 saturated carbocycles. The predicted molar refractivity (Wildman–Crippen MR) is 111 cm³/mol. The van der Waals surface area contributed by atoms with Crippen LogP contribution in [-0.4, -0.2) is 23.6 Å². The van der Waals surface area contributed by atoms with E-state index in [1.165, 1.54) is 5.56 Å². The number of anilines is 3. The molecule has 3 rings (SSSR count). The van der Waals surface area contributed by atoms with Crippen molar-refractivity contribution < 1.29 is 4.74 Å². The number of nitrogens with zero attached hydrogens (tertiary/aromatic N) is 2. The molecule has 0 aliphatic rings. The molecule has 5 nitrogen and oxygen atoms in total. The molecule has 0 saturated heterocycles. The summed E-state index contributed by atoms with van der Waals surface area (Å²) in [5, 5.41) is 7.21. The first-order valence-electron chi connectivity index (χ1n) is 8.87. The zero-order valence-corrected chi connectivity index (χ0v) is 16.3. The van der Waals surface area contributed by atoms with Gasteiger partial charge in [0.15, 0.2) is 0 Å². The van der Waals surface area contributed by atoms with E-state index in [0.717, 1.165) is 36.5 Å². The fourth-order valence-corrected chi connectivity index (χ4v) is 2.87. The van der Waals surface area contributed by atoms with Crippen LogP contribution in [0.3, 0.4) is 0 Å². The lowest BCUT2D eigenvalue weighted by Crippen LogP contribution is -2.07.